The summed E-state index contributed by atoms with van der Waals surface area (Å²) in [7, 11) is 1.67. The smallest absolute Gasteiger partial charge is 0.0667 e. The van der Waals surface area contributed by atoms with Crippen molar-refractivity contribution in [3.8, 4) is 0 Å². The fraction of sp³-hybridized carbons (Fsp3) is 1.00. The Morgan fingerprint density at radius 1 is 1.42 bits per heavy atom. The summed E-state index contributed by atoms with van der Waals surface area (Å²) in [6.45, 7) is 6.40. The molecule has 0 spiro atoms. The van der Waals surface area contributed by atoms with E-state index in [0.717, 1.165) is 13.0 Å². The number of ether oxygens (including phenoxy) is 1. The van der Waals surface area contributed by atoms with Crippen LogP contribution in [-0.4, -0.2) is 38.0 Å². The van der Waals surface area contributed by atoms with Crippen LogP contribution < -0.4 is 5.32 Å². The number of aliphatic hydroxyl groups excluding tert-OH is 1. The van der Waals surface area contributed by atoms with Crippen molar-refractivity contribution in [2.75, 3.05) is 26.8 Å². The molecule has 0 rings (SSSR count). The molecular formula is C9H21NO2. The fourth-order valence-electron chi connectivity index (χ4n) is 1.07. The second-order valence-corrected chi connectivity index (χ2v) is 3.48. The van der Waals surface area contributed by atoms with Gasteiger partial charge in [-0.1, -0.05) is 13.8 Å². The van der Waals surface area contributed by atoms with E-state index >= 15 is 0 Å². The van der Waals surface area contributed by atoms with E-state index in [1.807, 2.05) is 0 Å². The number of nitrogens with one attached hydrogen (secondary N) is 1. The highest BCUT2D eigenvalue weighted by Crippen LogP contribution is 2.02. The van der Waals surface area contributed by atoms with Crippen molar-refractivity contribution in [3.63, 3.8) is 0 Å². The summed E-state index contributed by atoms with van der Waals surface area (Å²) in [5.41, 5.74) is 0. The minimum Gasteiger partial charge on any atom is -0.392 e. The Balaban J connectivity index is 3.14. The summed E-state index contributed by atoms with van der Waals surface area (Å²) < 4.78 is 4.86. The van der Waals surface area contributed by atoms with Gasteiger partial charge in [-0.2, -0.15) is 0 Å². The van der Waals surface area contributed by atoms with Crippen LogP contribution in [0.25, 0.3) is 0 Å². The van der Waals surface area contributed by atoms with Crippen LogP contribution in [0.3, 0.4) is 0 Å². The minimum atomic E-state index is -0.221. The molecule has 0 bridgehead atoms. The first kappa shape index (κ1) is 11.9. The van der Waals surface area contributed by atoms with E-state index in [0.29, 0.717) is 19.1 Å². The van der Waals surface area contributed by atoms with E-state index in [2.05, 4.69) is 19.2 Å². The van der Waals surface area contributed by atoms with Gasteiger partial charge >= 0.3 is 0 Å². The van der Waals surface area contributed by atoms with Crippen LogP contribution in [0.2, 0.25) is 0 Å². The van der Waals surface area contributed by atoms with Crippen molar-refractivity contribution in [2.24, 2.45) is 5.92 Å². The topological polar surface area (TPSA) is 41.5 Å². The molecule has 0 aliphatic heterocycles. The Morgan fingerprint density at radius 2 is 2.08 bits per heavy atom. The third kappa shape index (κ3) is 7.98. The molecule has 0 aromatic heterocycles. The summed E-state index contributed by atoms with van der Waals surface area (Å²) in [6.07, 6.45) is 0.641. The first-order chi connectivity index (χ1) is 5.66. The van der Waals surface area contributed by atoms with Gasteiger partial charge in [0.25, 0.3) is 0 Å². The van der Waals surface area contributed by atoms with E-state index in [-0.39, 0.29) is 6.10 Å². The Labute approximate surface area is 75.1 Å². The molecule has 0 aliphatic carbocycles. The average molecular weight is 175 g/mol. The van der Waals surface area contributed by atoms with Crippen molar-refractivity contribution >= 4 is 0 Å². The molecule has 3 nitrogen and oxygen atoms in total. The average Bonchev–Trinajstić information content (AvgIpc) is 1.97. The fourth-order valence-corrected chi connectivity index (χ4v) is 1.07. The molecule has 0 radical (unpaired) electrons. The molecule has 0 amide bonds. The van der Waals surface area contributed by atoms with Crippen LogP contribution in [0, 0.1) is 5.92 Å². The first-order valence-electron chi connectivity index (χ1n) is 4.54. The quantitative estimate of drug-likeness (QED) is 0.558. The maximum atomic E-state index is 9.42. The van der Waals surface area contributed by atoms with Gasteiger partial charge in [-0.3, -0.25) is 0 Å². The summed E-state index contributed by atoms with van der Waals surface area (Å²) in [4.78, 5) is 0. The summed E-state index contributed by atoms with van der Waals surface area (Å²) in [5, 5.41) is 12.5. The van der Waals surface area contributed by atoms with E-state index < -0.39 is 0 Å². The van der Waals surface area contributed by atoms with Crippen LogP contribution >= 0.6 is 0 Å². The van der Waals surface area contributed by atoms with Gasteiger partial charge < -0.3 is 15.2 Å². The lowest BCUT2D eigenvalue weighted by Crippen LogP contribution is -2.30. The van der Waals surface area contributed by atoms with Gasteiger partial charge in [0.1, 0.15) is 0 Å². The minimum absolute atomic E-state index is 0.221. The molecule has 0 fully saturated rings. The molecular weight excluding hydrogens is 154 g/mol. The maximum absolute atomic E-state index is 9.42. The van der Waals surface area contributed by atoms with E-state index in [4.69, 9.17) is 4.74 Å². The number of hydrogen-bond acceptors (Lipinski definition) is 3. The molecule has 1 atom stereocenters. The van der Waals surface area contributed by atoms with Crippen molar-refractivity contribution in [1.29, 1.82) is 0 Å². The number of aliphatic hydroxyl groups is 1. The van der Waals surface area contributed by atoms with Gasteiger partial charge in [0.2, 0.25) is 0 Å². The summed E-state index contributed by atoms with van der Waals surface area (Å²) in [6, 6.07) is 0. The monoisotopic (exact) mass is 175 g/mol. The lowest BCUT2D eigenvalue weighted by atomic mass is 10.1. The third-order valence-electron chi connectivity index (χ3n) is 1.61. The first-order valence-corrected chi connectivity index (χ1v) is 4.54. The lowest BCUT2D eigenvalue weighted by molar-refractivity contribution is 0.139. The van der Waals surface area contributed by atoms with Gasteiger partial charge in [-0.15, -0.1) is 0 Å². The van der Waals surface area contributed by atoms with Crippen LogP contribution in [-0.2, 0) is 4.74 Å². The van der Waals surface area contributed by atoms with Crippen molar-refractivity contribution < 1.29 is 9.84 Å². The van der Waals surface area contributed by atoms with Gasteiger partial charge in [0.15, 0.2) is 0 Å². The molecule has 0 saturated heterocycles. The maximum Gasteiger partial charge on any atom is 0.0667 e. The Kier molecular flexibility index (Phi) is 7.45. The molecule has 0 saturated carbocycles. The van der Waals surface area contributed by atoms with Gasteiger partial charge in [-0.05, 0) is 12.3 Å². The zero-order valence-corrected chi connectivity index (χ0v) is 8.34. The largest absolute Gasteiger partial charge is 0.392 e. The van der Waals surface area contributed by atoms with Crippen molar-refractivity contribution in [1.82, 2.24) is 5.32 Å². The molecule has 0 aromatic carbocycles. The Hall–Kier alpha value is -0.120. The molecule has 0 aromatic rings. The van der Waals surface area contributed by atoms with Gasteiger partial charge in [-0.25, -0.2) is 0 Å². The molecule has 0 aliphatic rings. The Morgan fingerprint density at radius 3 is 2.58 bits per heavy atom. The predicted octanol–water partition coefficient (Wildman–Crippen LogP) is 0.629. The SMILES string of the molecule is COCCNCC(O)CC(C)C. The number of methoxy groups -OCH3 is 1. The highest BCUT2D eigenvalue weighted by molar-refractivity contribution is 4.61. The normalized spacial score (nSPS) is 13.8. The second kappa shape index (κ2) is 7.53. The van der Waals surface area contributed by atoms with Gasteiger partial charge in [0.05, 0.1) is 12.7 Å². The number of rotatable bonds is 7. The third-order valence-corrected chi connectivity index (χ3v) is 1.61. The molecule has 2 N–H and O–H groups in total. The van der Waals surface area contributed by atoms with Crippen molar-refractivity contribution in [2.45, 2.75) is 26.4 Å². The van der Waals surface area contributed by atoms with Crippen molar-refractivity contribution in [3.05, 3.63) is 0 Å². The molecule has 12 heavy (non-hydrogen) atoms. The molecule has 74 valence electrons. The summed E-state index contributed by atoms with van der Waals surface area (Å²) >= 11 is 0. The van der Waals surface area contributed by atoms with E-state index in [1.165, 1.54) is 0 Å². The van der Waals surface area contributed by atoms with E-state index in [1.54, 1.807) is 7.11 Å². The lowest BCUT2D eigenvalue weighted by Gasteiger charge is -2.13. The highest BCUT2D eigenvalue weighted by atomic mass is 16.5. The van der Waals surface area contributed by atoms with E-state index in [9.17, 15) is 5.11 Å². The Bertz CT molecular complexity index is 96.5. The van der Waals surface area contributed by atoms with Crippen LogP contribution in [0.1, 0.15) is 20.3 Å². The molecule has 3 heteroatoms. The van der Waals surface area contributed by atoms with Crippen LogP contribution in [0.15, 0.2) is 0 Å². The van der Waals surface area contributed by atoms with Gasteiger partial charge in [0, 0.05) is 20.2 Å². The summed E-state index contributed by atoms with van der Waals surface area (Å²) in [5.74, 6) is 0.559. The van der Waals surface area contributed by atoms with Crippen LogP contribution in [0.4, 0.5) is 0 Å². The molecule has 1 unspecified atom stereocenters. The predicted molar refractivity (Wildman–Crippen MR) is 50.2 cm³/mol. The number of hydrogen-bond donors (Lipinski definition) is 2. The molecule has 0 heterocycles. The standard InChI is InChI=1S/C9H21NO2/c1-8(2)6-9(11)7-10-4-5-12-3/h8-11H,4-7H2,1-3H3. The van der Waals surface area contributed by atoms with Crippen LogP contribution in [0.5, 0.6) is 0 Å². The highest BCUT2D eigenvalue weighted by Gasteiger charge is 2.05. The second-order valence-electron chi connectivity index (χ2n) is 3.48. The zero-order valence-electron chi connectivity index (χ0n) is 8.34. The zero-order chi connectivity index (χ0) is 9.40.